The zero-order chi connectivity index (χ0) is 51.4. The Kier molecular flexibility index (Phi) is 55.9. The summed E-state index contributed by atoms with van der Waals surface area (Å²) in [6, 6.07) is 0. The maximum Gasteiger partial charge on any atom is 0.306 e. The minimum Gasteiger partial charge on any atom is -0.462 e. The lowest BCUT2D eigenvalue weighted by atomic mass is 10.1. The van der Waals surface area contributed by atoms with Crippen molar-refractivity contribution in [1.82, 2.24) is 0 Å². The van der Waals surface area contributed by atoms with Crippen LogP contribution in [0.25, 0.3) is 0 Å². The van der Waals surface area contributed by atoms with Crippen LogP contribution in [-0.4, -0.2) is 37.2 Å². The maximum atomic E-state index is 12.9. The van der Waals surface area contributed by atoms with E-state index in [1.54, 1.807) is 0 Å². The molecule has 0 aliphatic rings. The van der Waals surface area contributed by atoms with Crippen molar-refractivity contribution in [1.29, 1.82) is 0 Å². The molecule has 0 saturated carbocycles. The molecule has 0 aromatic rings. The van der Waals surface area contributed by atoms with Crippen molar-refractivity contribution in [3.05, 3.63) is 97.2 Å². The molecule has 0 saturated heterocycles. The molecule has 0 fully saturated rings. The molecule has 0 aromatic carbocycles. The normalized spacial score (nSPS) is 12.8. The van der Waals surface area contributed by atoms with Crippen molar-refractivity contribution in [2.45, 2.75) is 284 Å². The Hall–Kier alpha value is -3.67. The van der Waals surface area contributed by atoms with Gasteiger partial charge in [0, 0.05) is 19.3 Å². The fourth-order valence-corrected chi connectivity index (χ4v) is 8.07. The average molecular weight is 988 g/mol. The predicted molar refractivity (Wildman–Crippen MR) is 307 cm³/mol. The van der Waals surface area contributed by atoms with Gasteiger partial charge in [0.1, 0.15) is 13.2 Å². The quantitative estimate of drug-likeness (QED) is 0.0261. The number of hydrogen-bond acceptors (Lipinski definition) is 6. The molecule has 6 nitrogen and oxygen atoms in total. The van der Waals surface area contributed by atoms with Crippen LogP contribution in [0.1, 0.15) is 278 Å². The van der Waals surface area contributed by atoms with Gasteiger partial charge in [0.05, 0.1) is 0 Å². The summed E-state index contributed by atoms with van der Waals surface area (Å²) in [6.07, 6.45) is 78.4. The Morgan fingerprint density at radius 2 is 0.563 bits per heavy atom. The van der Waals surface area contributed by atoms with Gasteiger partial charge in [-0.25, -0.2) is 0 Å². The first kappa shape index (κ1) is 67.3. The third kappa shape index (κ3) is 57.1. The fourth-order valence-electron chi connectivity index (χ4n) is 8.07. The molecule has 406 valence electrons. The Morgan fingerprint density at radius 1 is 0.296 bits per heavy atom. The highest BCUT2D eigenvalue weighted by atomic mass is 16.6. The van der Waals surface area contributed by atoms with Crippen LogP contribution in [0, 0.1) is 0 Å². The van der Waals surface area contributed by atoms with E-state index >= 15 is 0 Å². The van der Waals surface area contributed by atoms with E-state index in [9.17, 15) is 14.4 Å². The van der Waals surface area contributed by atoms with Gasteiger partial charge < -0.3 is 14.2 Å². The topological polar surface area (TPSA) is 78.9 Å². The van der Waals surface area contributed by atoms with Crippen LogP contribution in [-0.2, 0) is 28.6 Å². The first-order valence-electron chi connectivity index (χ1n) is 29.7. The molecular weight excluding hydrogens is 877 g/mol. The molecule has 0 aliphatic heterocycles. The first-order chi connectivity index (χ1) is 35.0. The van der Waals surface area contributed by atoms with E-state index in [2.05, 4.69) is 118 Å². The van der Waals surface area contributed by atoms with Crippen molar-refractivity contribution < 1.29 is 28.6 Å². The van der Waals surface area contributed by atoms with Crippen LogP contribution in [0.4, 0.5) is 0 Å². The second kappa shape index (κ2) is 58.9. The van der Waals surface area contributed by atoms with Gasteiger partial charge in [0.2, 0.25) is 0 Å². The molecule has 0 amide bonds. The SMILES string of the molecule is CC/C=C\C/C=C\C/C=C\C/C=C\C/C=C\C/C=C\CCCCC(=O)OCC(COC(=O)CCCCCCC/C=C\CCCC)OC(=O)CCCCCCCCCCC/C=C\CCCCCCCCCC. The van der Waals surface area contributed by atoms with Crippen LogP contribution in [0.2, 0.25) is 0 Å². The highest BCUT2D eigenvalue weighted by molar-refractivity contribution is 5.71. The van der Waals surface area contributed by atoms with E-state index in [1.807, 2.05) is 0 Å². The summed E-state index contributed by atoms with van der Waals surface area (Å²) in [5.41, 5.74) is 0. The monoisotopic (exact) mass is 987 g/mol. The molecule has 6 heteroatoms. The summed E-state index contributed by atoms with van der Waals surface area (Å²) in [4.78, 5) is 38.1. The molecule has 0 aromatic heterocycles. The highest BCUT2D eigenvalue weighted by Crippen LogP contribution is 2.15. The van der Waals surface area contributed by atoms with Gasteiger partial charge >= 0.3 is 17.9 Å². The summed E-state index contributed by atoms with van der Waals surface area (Å²) in [5.74, 6) is -0.949. The third-order valence-corrected chi connectivity index (χ3v) is 12.5. The number of hydrogen-bond donors (Lipinski definition) is 0. The smallest absolute Gasteiger partial charge is 0.306 e. The molecule has 0 spiro atoms. The summed E-state index contributed by atoms with van der Waals surface area (Å²) in [5, 5.41) is 0. The van der Waals surface area contributed by atoms with Gasteiger partial charge in [0.25, 0.3) is 0 Å². The number of unbranched alkanes of at least 4 members (excludes halogenated alkanes) is 26. The van der Waals surface area contributed by atoms with E-state index in [1.165, 1.54) is 128 Å². The summed E-state index contributed by atoms with van der Waals surface area (Å²) < 4.78 is 16.8. The standard InChI is InChI=1S/C65H110O6/c1-4-7-10-13-16-19-22-24-26-28-30-32-34-36-38-40-43-46-49-52-55-58-64(67)70-61-62(60-69-63(66)57-54-51-48-45-42-21-18-15-12-9-6-3)71-65(68)59-56-53-50-47-44-41-39-37-35-33-31-29-27-25-23-20-17-14-11-8-5-2/h7,10,15-16,18-19,24,26,29-32,36,38,43,46,62H,4-6,8-9,11-14,17,20-23,25,27-28,33-35,37,39-42,44-45,47-61H2,1-3H3/b10-7-,18-15-,19-16-,26-24-,31-29-,32-30-,38-36-,46-43-. The Bertz CT molecular complexity index is 1410. The number of carbonyl (C=O) groups is 3. The van der Waals surface area contributed by atoms with Crippen LogP contribution < -0.4 is 0 Å². The van der Waals surface area contributed by atoms with Gasteiger partial charge in [0.15, 0.2) is 6.10 Å². The lowest BCUT2D eigenvalue weighted by molar-refractivity contribution is -0.167. The lowest BCUT2D eigenvalue weighted by Gasteiger charge is -2.18. The lowest BCUT2D eigenvalue weighted by Crippen LogP contribution is -2.30. The van der Waals surface area contributed by atoms with E-state index in [0.717, 1.165) is 109 Å². The molecule has 0 N–H and O–H groups in total. The molecular formula is C65H110O6. The van der Waals surface area contributed by atoms with Gasteiger partial charge in [-0.05, 0) is 116 Å². The first-order valence-corrected chi connectivity index (χ1v) is 29.7. The zero-order valence-corrected chi connectivity index (χ0v) is 46.5. The number of esters is 3. The minimum absolute atomic E-state index is 0.0967. The van der Waals surface area contributed by atoms with Crippen molar-refractivity contribution in [3.63, 3.8) is 0 Å². The highest BCUT2D eigenvalue weighted by Gasteiger charge is 2.19. The van der Waals surface area contributed by atoms with E-state index in [-0.39, 0.29) is 31.1 Å². The average Bonchev–Trinajstić information content (AvgIpc) is 3.37. The van der Waals surface area contributed by atoms with E-state index in [0.29, 0.717) is 19.3 Å². The number of rotatable bonds is 53. The van der Waals surface area contributed by atoms with Crippen LogP contribution >= 0.6 is 0 Å². The van der Waals surface area contributed by atoms with Crippen LogP contribution in [0.15, 0.2) is 97.2 Å². The Balaban J connectivity index is 4.40. The summed E-state index contributed by atoms with van der Waals surface area (Å²) >= 11 is 0. The molecule has 0 heterocycles. The summed E-state index contributed by atoms with van der Waals surface area (Å²) in [7, 11) is 0. The molecule has 0 bridgehead atoms. The zero-order valence-electron chi connectivity index (χ0n) is 46.5. The van der Waals surface area contributed by atoms with Crippen molar-refractivity contribution in [3.8, 4) is 0 Å². The molecule has 1 unspecified atom stereocenters. The van der Waals surface area contributed by atoms with Gasteiger partial charge in [-0.2, -0.15) is 0 Å². The predicted octanol–water partition coefficient (Wildman–Crippen LogP) is 20.1. The van der Waals surface area contributed by atoms with Crippen molar-refractivity contribution >= 4 is 17.9 Å². The van der Waals surface area contributed by atoms with E-state index < -0.39 is 6.10 Å². The number of carbonyl (C=O) groups excluding carboxylic acids is 3. The van der Waals surface area contributed by atoms with E-state index in [4.69, 9.17) is 14.2 Å². The molecule has 0 radical (unpaired) electrons. The largest absolute Gasteiger partial charge is 0.462 e. The number of allylic oxidation sites excluding steroid dienone is 16. The summed E-state index contributed by atoms with van der Waals surface area (Å²) in [6.45, 7) is 6.45. The van der Waals surface area contributed by atoms with Crippen LogP contribution in [0.3, 0.4) is 0 Å². The molecule has 71 heavy (non-hydrogen) atoms. The minimum atomic E-state index is -0.801. The number of ether oxygens (including phenoxy) is 3. The maximum absolute atomic E-state index is 12.9. The van der Waals surface area contributed by atoms with Crippen LogP contribution in [0.5, 0.6) is 0 Å². The van der Waals surface area contributed by atoms with Gasteiger partial charge in [-0.15, -0.1) is 0 Å². The van der Waals surface area contributed by atoms with Gasteiger partial charge in [-0.1, -0.05) is 240 Å². The molecule has 1 atom stereocenters. The molecule has 0 rings (SSSR count). The Morgan fingerprint density at radius 3 is 0.944 bits per heavy atom. The Labute approximate surface area is 438 Å². The second-order valence-corrected chi connectivity index (χ2v) is 19.5. The molecule has 0 aliphatic carbocycles. The van der Waals surface area contributed by atoms with Crippen molar-refractivity contribution in [2.24, 2.45) is 0 Å². The van der Waals surface area contributed by atoms with Gasteiger partial charge in [-0.3, -0.25) is 14.4 Å². The second-order valence-electron chi connectivity index (χ2n) is 19.5. The third-order valence-electron chi connectivity index (χ3n) is 12.5. The van der Waals surface area contributed by atoms with Crippen molar-refractivity contribution in [2.75, 3.05) is 13.2 Å². The fraction of sp³-hybridized carbons (Fsp3) is 0.708.